The molecule has 0 saturated heterocycles. The topological polar surface area (TPSA) is 94.6 Å². The molecule has 138 valence electrons. The number of nitrogens with zero attached hydrogens (tertiary/aromatic N) is 2. The predicted octanol–water partition coefficient (Wildman–Crippen LogP) is 1.97. The summed E-state index contributed by atoms with van der Waals surface area (Å²) in [7, 11) is 0. The molecule has 7 nitrogen and oxygen atoms in total. The molecule has 2 aromatic rings. The highest BCUT2D eigenvalue weighted by Crippen LogP contribution is 2.25. The fraction of sp³-hybridized carbons (Fsp3) is 0.421. The molecule has 0 bridgehead atoms. The van der Waals surface area contributed by atoms with Crippen molar-refractivity contribution in [1.29, 1.82) is 0 Å². The molecule has 0 radical (unpaired) electrons. The number of amides is 2. The van der Waals surface area contributed by atoms with Gasteiger partial charge in [0.1, 0.15) is 0 Å². The van der Waals surface area contributed by atoms with Crippen molar-refractivity contribution in [3.8, 4) is 0 Å². The van der Waals surface area contributed by atoms with Crippen LogP contribution in [0.3, 0.4) is 0 Å². The highest BCUT2D eigenvalue weighted by molar-refractivity contribution is 5.78. The predicted molar refractivity (Wildman–Crippen MR) is 98.8 cm³/mol. The quantitative estimate of drug-likeness (QED) is 0.705. The second-order valence-corrected chi connectivity index (χ2v) is 6.60. The van der Waals surface area contributed by atoms with Gasteiger partial charge in [-0.25, -0.2) is 4.79 Å². The molecule has 1 aliphatic rings. The molecule has 7 heteroatoms. The van der Waals surface area contributed by atoms with Crippen LogP contribution < -0.4 is 10.6 Å². The summed E-state index contributed by atoms with van der Waals surface area (Å²) in [4.78, 5) is 29.4. The molecule has 3 N–H and O–H groups in total. The van der Waals surface area contributed by atoms with Gasteiger partial charge in [0.2, 0.25) is 0 Å². The molecule has 2 amide bonds. The van der Waals surface area contributed by atoms with Crippen LogP contribution in [0.15, 0.2) is 36.4 Å². The highest BCUT2D eigenvalue weighted by Gasteiger charge is 2.34. The van der Waals surface area contributed by atoms with Gasteiger partial charge < -0.3 is 15.7 Å². The number of likely N-dealkylation sites (N-methyl/N-ethyl adjacent to an activating group) is 1. The van der Waals surface area contributed by atoms with E-state index in [0.717, 1.165) is 29.4 Å². The summed E-state index contributed by atoms with van der Waals surface area (Å²) in [6, 6.07) is 11.9. The molecule has 1 aromatic carbocycles. The van der Waals surface area contributed by atoms with E-state index in [1.54, 1.807) is 0 Å². The maximum atomic E-state index is 12.0. The van der Waals surface area contributed by atoms with Crippen LogP contribution in [0.2, 0.25) is 0 Å². The number of benzene rings is 1. The third kappa shape index (κ3) is 4.49. The van der Waals surface area contributed by atoms with Crippen LogP contribution >= 0.6 is 0 Å². The number of fused-ring (bicyclic) bond motifs is 1. The molecule has 0 aliphatic heterocycles. The van der Waals surface area contributed by atoms with Crippen LogP contribution in [-0.2, 0) is 11.3 Å². The molecule has 26 heavy (non-hydrogen) atoms. The second kappa shape index (κ2) is 8.14. The van der Waals surface area contributed by atoms with Crippen LogP contribution in [0, 0.1) is 0 Å². The fourth-order valence-electron chi connectivity index (χ4n) is 3.29. The number of carboxylic acids is 1. The van der Waals surface area contributed by atoms with E-state index in [9.17, 15) is 9.59 Å². The number of carbonyl (C=O) groups is 2. The smallest absolute Gasteiger partial charge is 0.317 e. The SMILES string of the molecule is CCN(CC(=O)O)C1CC(NC(=O)NCc2ccc3ccccc3n2)C1. The Kier molecular flexibility index (Phi) is 5.68. The number of aliphatic carboxylic acids is 1. The zero-order valence-electron chi connectivity index (χ0n) is 14.8. The van der Waals surface area contributed by atoms with Gasteiger partial charge in [-0.1, -0.05) is 31.2 Å². The molecule has 0 unspecified atom stereocenters. The van der Waals surface area contributed by atoms with E-state index < -0.39 is 5.97 Å². The van der Waals surface area contributed by atoms with Crippen LogP contribution in [0.5, 0.6) is 0 Å². The van der Waals surface area contributed by atoms with Crippen molar-refractivity contribution in [1.82, 2.24) is 20.5 Å². The summed E-state index contributed by atoms with van der Waals surface area (Å²) in [5, 5.41) is 15.8. The van der Waals surface area contributed by atoms with Crippen molar-refractivity contribution < 1.29 is 14.7 Å². The molecule has 1 aromatic heterocycles. The van der Waals surface area contributed by atoms with Gasteiger partial charge in [-0.15, -0.1) is 0 Å². The minimum absolute atomic E-state index is 0.0493. The summed E-state index contributed by atoms with van der Waals surface area (Å²) >= 11 is 0. The first-order chi connectivity index (χ1) is 12.5. The lowest BCUT2D eigenvalue weighted by Gasteiger charge is -2.42. The highest BCUT2D eigenvalue weighted by atomic mass is 16.4. The number of urea groups is 1. The lowest BCUT2D eigenvalue weighted by atomic mass is 9.85. The van der Waals surface area contributed by atoms with E-state index in [0.29, 0.717) is 13.1 Å². The van der Waals surface area contributed by atoms with Gasteiger partial charge in [0.25, 0.3) is 0 Å². The zero-order valence-corrected chi connectivity index (χ0v) is 14.8. The summed E-state index contributed by atoms with van der Waals surface area (Å²) in [6.45, 7) is 3.07. The Morgan fingerprint density at radius 2 is 2.00 bits per heavy atom. The average molecular weight is 356 g/mol. The first-order valence-electron chi connectivity index (χ1n) is 8.90. The Morgan fingerprint density at radius 1 is 1.23 bits per heavy atom. The van der Waals surface area contributed by atoms with Crippen LogP contribution in [0.4, 0.5) is 4.79 Å². The molecule has 0 atom stereocenters. The number of nitrogens with one attached hydrogen (secondary N) is 2. The molecule has 0 spiro atoms. The minimum atomic E-state index is -0.816. The first-order valence-corrected chi connectivity index (χ1v) is 8.90. The van der Waals surface area contributed by atoms with Gasteiger partial charge in [0.05, 0.1) is 24.3 Å². The first kappa shape index (κ1) is 18.1. The molecular weight excluding hydrogens is 332 g/mol. The molecule has 1 aliphatic carbocycles. The number of rotatable bonds is 7. The Bertz CT molecular complexity index is 789. The number of aromatic nitrogens is 1. The molecular formula is C19H24N4O3. The van der Waals surface area contributed by atoms with Gasteiger partial charge in [-0.2, -0.15) is 0 Å². The zero-order chi connectivity index (χ0) is 18.5. The number of carbonyl (C=O) groups excluding carboxylic acids is 1. The largest absolute Gasteiger partial charge is 0.480 e. The molecule has 3 rings (SSSR count). The molecule has 1 fully saturated rings. The number of pyridine rings is 1. The average Bonchev–Trinajstić information content (AvgIpc) is 2.60. The maximum absolute atomic E-state index is 12.0. The van der Waals surface area contributed by atoms with Crippen molar-refractivity contribution in [3.05, 3.63) is 42.1 Å². The van der Waals surface area contributed by atoms with Crippen molar-refractivity contribution in [2.24, 2.45) is 0 Å². The van der Waals surface area contributed by atoms with E-state index in [2.05, 4.69) is 15.6 Å². The van der Waals surface area contributed by atoms with Gasteiger partial charge in [0.15, 0.2) is 0 Å². The summed E-state index contributed by atoms with van der Waals surface area (Å²) in [6.07, 6.45) is 1.56. The van der Waals surface area contributed by atoms with E-state index >= 15 is 0 Å². The van der Waals surface area contributed by atoms with Crippen LogP contribution in [0.1, 0.15) is 25.5 Å². The van der Waals surface area contributed by atoms with E-state index in [1.807, 2.05) is 48.2 Å². The van der Waals surface area contributed by atoms with E-state index in [-0.39, 0.29) is 24.7 Å². The van der Waals surface area contributed by atoms with Gasteiger partial charge in [0, 0.05) is 17.5 Å². The Balaban J connectivity index is 1.43. The fourth-order valence-corrected chi connectivity index (χ4v) is 3.29. The summed E-state index contributed by atoms with van der Waals surface area (Å²) in [5.74, 6) is -0.816. The molecule has 1 heterocycles. The van der Waals surface area contributed by atoms with E-state index in [4.69, 9.17) is 5.11 Å². The third-order valence-corrected chi connectivity index (χ3v) is 4.80. The number of hydrogen-bond donors (Lipinski definition) is 3. The Hall–Kier alpha value is -2.67. The Labute approximate surface area is 152 Å². The van der Waals surface area contributed by atoms with Gasteiger partial charge in [-0.05, 0) is 31.5 Å². The van der Waals surface area contributed by atoms with Crippen molar-refractivity contribution in [3.63, 3.8) is 0 Å². The van der Waals surface area contributed by atoms with Crippen molar-refractivity contribution in [2.45, 2.75) is 38.4 Å². The molecule has 1 saturated carbocycles. The van der Waals surface area contributed by atoms with E-state index in [1.165, 1.54) is 0 Å². The van der Waals surface area contributed by atoms with Gasteiger partial charge >= 0.3 is 12.0 Å². The summed E-state index contributed by atoms with van der Waals surface area (Å²) < 4.78 is 0. The number of hydrogen-bond acceptors (Lipinski definition) is 4. The van der Waals surface area contributed by atoms with Crippen LogP contribution in [0.25, 0.3) is 10.9 Å². The third-order valence-electron chi connectivity index (χ3n) is 4.80. The standard InChI is InChI=1S/C19H24N4O3/c1-2-23(12-18(24)25)16-9-15(10-16)22-19(26)20-11-14-8-7-13-5-3-4-6-17(13)21-14/h3-8,15-16H,2,9-12H2,1H3,(H,24,25)(H2,20,22,26). The van der Waals surface area contributed by atoms with Crippen molar-refractivity contribution >= 4 is 22.9 Å². The second-order valence-electron chi connectivity index (χ2n) is 6.60. The van der Waals surface area contributed by atoms with Crippen LogP contribution in [-0.4, -0.2) is 52.2 Å². The number of para-hydroxylation sites is 1. The number of carboxylic acid groups (broad SMARTS) is 1. The van der Waals surface area contributed by atoms with Gasteiger partial charge in [-0.3, -0.25) is 14.7 Å². The lowest BCUT2D eigenvalue weighted by Crippen LogP contribution is -2.56. The normalized spacial score (nSPS) is 19.2. The van der Waals surface area contributed by atoms with Crippen molar-refractivity contribution in [2.75, 3.05) is 13.1 Å². The summed E-state index contributed by atoms with van der Waals surface area (Å²) in [5.41, 5.74) is 1.72. The minimum Gasteiger partial charge on any atom is -0.480 e. The lowest BCUT2D eigenvalue weighted by molar-refractivity contribution is -0.139. The Morgan fingerprint density at radius 3 is 2.73 bits per heavy atom. The maximum Gasteiger partial charge on any atom is 0.317 e. The monoisotopic (exact) mass is 356 g/mol.